The lowest BCUT2D eigenvalue weighted by Crippen LogP contribution is -2.13. The molecule has 0 N–H and O–H groups in total. The molecule has 0 radical (unpaired) electrons. The lowest BCUT2D eigenvalue weighted by molar-refractivity contribution is 1.18. The van der Waals surface area contributed by atoms with E-state index < -0.39 is 0 Å². The maximum Gasteiger partial charge on any atom is 0.101 e. The Labute approximate surface area is 273 Å². The van der Waals surface area contributed by atoms with E-state index in [1.807, 2.05) is 46.2 Å². The van der Waals surface area contributed by atoms with Crippen LogP contribution in [0.4, 0.5) is 32.8 Å². The topological polar surface area (TPSA) is 6.48 Å². The number of hydrogen-bond acceptors (Lipinski definition) is 6. The van der Waals surface area contributed by atoms with Crippen LogP contribution in [0.3, 0.4) is 0 Å². The van der Waals surface area contributed by atoms with Crippen LogP contribution in [0, 0.1) is 0 Å². The van der Waals surface area contributed by atoms with Gasteiger partial charge in [-0.05, 0) is 83.9 Å². The van der Waals surface area contributed by atoms with Crippen LogP contribution in [0.2, 0.25) is 0 Å². The van der Waals surface area contributed by atoms with Crippen LogP contribution < -0.4 is 9.80 Å². The van der Waals surface area contributed by atoms with Crippen molar-refractivity contribution in [2.24, 2.45) is 0 Å². The average Bonchev–Trinajstić information content (AvgIpc) is 3.77. The molecule has 0 aliphatic carbocycles. The summed E-state index contributed by atoms with van der Waals surface area (Å²) in [4.78, 5) is 12.5. The number of rotatable bonds is 4. The molecule has 9 rings (SSSR count). The van der Waals surface area contributed by atoms with Crippen molar-refractivity contribution < 1.29 is 0 Å². The predicted octanol–water partition coefficient (Wildman–Crippen LogP) is 13.0. The maximum atomic E-state index is 2.41. The second kappa shape index (κ2) is 10.8. The molecule has 44 heavy (non-hydrogen) atoms. The zero-order valence-electron chi connectivity index (χ0n) is 23.4. The fourth-order valence-electron chi connectivity index (χ4n) is 5.89. The number of anilines is 6. The predicted molar refractivity (Wildman–Crippen MR) is 191 cm³/mol. The molecule has 0 amide bonds. The highest BCUT2D eigenvalue weighted by Gasteiger charge is 2.27. The summed E-state index contributed by atoms with van der Waals surface area (Å²) >= 11 is 7.38. The van der Waals surface area contributed by atoms with Gasteiger partial charge in [-0.3, -0.25) is 9.80 Å². The van der Waals surface area contributed by atoms with Gasteiger partial charge in [0.05, 0.1) is 22.7 Å². The number of nitrogens with zero attached hydrogens (tertiary/aromatic N) is 2. The summed E-state index contributed by atoms with van der Waals surface area (Å²) in [6.45, 7) is 0. The first-order chi connectivity index (χ1) is 21.8. The van der Waals surface area contributed by atoms with Crippen molar-refractivity contribution in [3.05, 3.63) is 146 Å². The van der Waals surface area contributed by atoms with E-state index in [0.717, 1.165) is 0 Å². The van der Waals surface area contributed by atoms with Crippen molar-refractivity contribution in [2.75, 3.05) is 9.80 Å². The molecule has 2 aliphatic rings. The molecule has 2 nitrogen and oxygen atoms in total. The van der Waals surface area contributed by atoms with Gasteiger partial charge in [-0.25, -0.2) is 0 Å². The molecule has 0 unspecified atom stereocenters. The average molecular weight is 637 g/mol. The maximum absolute atomic E-state index is 2.41. The van der Waals surface area contributed by atoms with Crippen LogP contribution in [0.25, 0.3) is 20.9 Å². The van der Waals surface area contributed by atoms with Crippen LogP contribution in [-0.4, -0.2) is 0 Å². The van der Waals surface area contributed by atoms with E-state index >= 15 is 0 Å². The Hall–Kier alpha value is -4.20. The highest BCUT2D eigenvalue weighted by Crippen LogP contribution is 2.54. The third-order valence-electron chi connectivity index (χ3n) is 7.94. The van der Waals surface area contributed by atoms with Crippen molar-refractivity contribution in [3.8, 4) is 20.9 Å². The molecule has 2 aliphatic heterocycles. The lowest BCUT2D eigenvalue weighted by atomic mass is 10.1. The summed E-state index contributed by atoms with van der Waals surface area (Å²) in [5, 5.41) is 2.46. The third kappa shape index (κ3) is 4.41. The Morgan fingerprint density at radius 1 is 0.318 bits per heavy atom. The van der Waals surface area contributed by atoms with Crippen molar-refractivity contribution in [1.82, 2.24) is 0 Å². The molecule has 210 valence electrons. The Morgan fingerprint density at radius 2 is 0.636 bits per heavy atom. The van der Waals surface area contributed by atoms with Gasteiger partial charge in [-0.15, -0.1) is 22.7 Å². The lowest BCUT2D eigenvalue weighted by Gasteiger charge is -2.31. The van der Waals surface area contributed by atoms with Gasteiger partial charge in [-0.1, -0.05) is 96.3 Å². The smallest absolute Gasteiger partial charge is 0.101 e. The summed E-state index contributed by atoms with van der Waals surface area (Å²) in [6.07, 6.45) is 0. The SMILES string of the molecule is c1ccc2c(c1)Sc1ccccc1N2c1ccc(-c2ccc(-c3ccc(N4c5ccccc5Sc5ccccc54)s3)cc2)s1. The van der Waals surface area contributed by atoms with Gasteiger partial charge < -0.3 is 0 Å². The third-order valence-corrected chi connectivity index (χ3v) is 12.4. The summed E-state index contributed by atoms with van der Waals surface area (Å²) in [7, 11) is 0. The van der Waals surface area contributed by atoms with E-state index in [1.54, 1.807) is 0 Å². The van der Waals surface area contributed by atoms with E-state index in [-0.39, 0.29) is 0 Å². The zero-order chi connectivity index (χ0) is 29.0. The van der Waals surface area contributed by atoms with Gasteiger partial charge in [0.2, 0.25) is 0 Å². The number of para-hydroxylation sites is 4. The van der Waals surface area contributed by atoms with Crippen LogP contribution in [0.1, 0.15) is 0 Å². The Bertz CT molecular complexity index is 1920. The monoisotopic (exact) mass is 636 g/mol. The van der Waals surface area contributed by atoms with E-state index in [0.29, 0.717) is 0 Å². The molecule has 0 saturated carbocycles. The van der Waals surface area contributed by atoms with E-state index in [2.05, 4.69) is 155 Å². The Balaban J connectivity index is 1.02. The van der Waals surface area contributed by atoms with Crippen molar-refractivity contribution in [1.29, 1.82) is 0 Å². The van der Waals surface area contributed by atoms with Gasteiger partial charge >= 0.3 is 0 Å². The van der Waals surface area contributed by atoms with Crippen LogP contribution in [0.5, 0.6) is 0 Å². The molecular formula is C38H24N2S4. The molecular weight excluding hydrogens is 613 g/mol. The first-order valence-electron chi connectivity index (χ1n) is 14.4. The Kier molecular flexibility index (Phi) is 6.41. The normalized spacial score (nSPS) is 13.2. The highest BCUT2D eigenvalue weighted by molar-refractivity contribution is 8.00. The molecule has 5 aromatic carbocycles. The van der Waals surface area contributed by atoms with Gasteiger partial charge in [0.1, 0.15) is 10.0 Å². The minimum Gasteiger partial charge on any atom is -0.300 e. The largest absolute Gasteiger partial charge is 0.300 e. The summed E-state index contributed by atoms with van der Waals surface area (Å²) in [6, 6.07) is 52.9. The summed E-state index contributed by atoms with van der Waals surface area (Å²) < 4.78 is 0. The standard InChI is InChI=1S/C38H24N2S4/c1-5-13-33-27(9-1)39(28-10-2-6-14-34(28)41-33)37-23-21-31(43-37)25-17-19-26(20-18-25)32-22-24-38(44-32)40-29-11-3-7-15-35(29)42-36-16-8-4-12-30(36)40/h1-24H. The molecule has 4 heterocycles. The minimum absolute atomic E-state index is 1.23. The zero-order valence-corrected chi connectivity index (χ0v) is 26.6. The number of fused-ring (bicyclic) bond motifs is 4. The van der Waals surface area contributed by atoms with Crippen molar-refractivity contribution >= 4 is 78.9 Å². The number of thiophene rings is 2. The van der Waals surface area contributed by atoms with E-state index in [4.69, 9.17) is 0 Å². The fourth-order valence-corrected chi connectivity index (χ4v) is 10.1. The number of hydrogen-bond donors (Lipinski definition) is 0. The quantitative estimate of drug-likeness (QED) is 0.189. The molecule has 0 fully saturated rings. The Morgan fingerprint density at radius 3 is 0.977 bits per heavy atom. The van der Waals surface area contributed by atoms with E-state index in [9.17, 15) is 0 Å². The van der Waals surface area contributed by atoms with Crippen LogP contribution in [0.15, 0.2) is 165 Å². The van der Waals surface area contributed by atoms with Crippen LogP contribution >= 0.6 is 46.2 Å². The van der Waals surface area contributed by atoms with Gasteiger partial charge in [0.15, 0.2) is 0 Å². The second-order valence-corrected chi connectivity index (χ2v) is 14.9. The number of benzene rings is 5. The first-order valence-corrected chi connectivity index (χ1v) is 17.7. The fraction of sp³-hybridized carbons (Fsp3) is 0. The van der Waals surface area contributed by atoms with Gasteiger partial charge in [0, 0.05) is 29.3 Å². The van der Waals surface area contributed by atoms with Crippen molar-refractivity contribution in [3.63, 3.8) is 0 Å². The van der Waals surface area contributed by atoms with Crippen LogP contribution in [-0.2, 0) is 0 Å². The first kappa shape index (κ1) is 26.2. The van der Waals surface area contributed by atoms with E-state index in [1.165, 1.54) is 73.2 Å². The van der Waals surface area contributed by atoms with Gasteiger partial charge in [0.25, 0.3) is 0 Å². The second-order valence-electron chi connectivity index (χ2n) is 10.6. The molecule has 0 saturated heterocycles. The highest BCUT2D eigenvalue weighted by atomic mass is 32.2. The van der Waals surface area contributed by atoms with Crippen molar-refractivity contribution in [2.45, 2.75) is 19.6 Å². The van der Waals surface area contributed by atoms with Gasteiger partial charge in [-0.2, -0.15) is 0 Å². The molecule has 0 spiro atoms. The molecule has 0 bridgehead atoms. The molecule has 0 atom stereocenters. The minimum atomic E-state index is 1.23. The summed E-state index contributed by atoms with van der Waals surface area (Å²) in [5.41, 5.74) is 7.45. The molecule has 7 aromatic rings. The molecule has 6 heteroatoms. The molecule has 2 aromatic heterocycles. The summed E-state index contributed by atoms with van der Waals surface area (Å²) in [5.74, 6) is 0.